The zero-order chi connectivity index (χ0) is 17.1. The van der Waals surface area contributed by atoms with Crippen molar-refractivity contribution < 1.29 is 0 Å². The summed E-state index contributed by atoms with van der Waals surface area (Å²) >= 11 is 0. The van der Waals surface area contributed by atoms with E-state index in [0.717, 1.165) is 25.3 Å². The maximum Gasteiger partial charge on any atom is 0.0901 e. The summed E-state index contributed by atoms with van der Waals surface area (Å²) < 4.78 is 0. The molecule has 23 heavy (non-hydrogen) atoms. The maximum absolute atomic E-state index is 4.01. The van der Waals surface area contributed by atoms with Gasteiger partial charge in [0.2, 0.25) is 0 Å². The SMILES string of the molecule is C=C(C)C=C(C)C(=CC)N1CCN(C2=C(C)C=C(C)CC2C)C1. The van der Waals surface area contributed by atoms with Gasteiger partial charge in [0.15, 0.2) is 0 Å². The average molecular weight is 313 g/mol. The molecule has 0 aromatic rings. The van der Waals surface area contributed by atoms with Crippen molar-refractivity contribution in [2.45, 2.75) is 48.0 Å². The summed E-state index contributed by atoms with van der Waals surface area (Å²) in [5.41, 5.74) is 8.24. The highest BCUT2D eigenvalue weighted by atomic mass is 15.4. The first-order valence-electron chi connectivity index (χ1n) is 8.71. The Morgan fingerprint density at radius 3 is 2.52 bits per heavy atom. The lowest BCUT2D eigenvalue weighted by Gasteiger charge is -2.32. The molecule has 0 spiro atoms. The highest BCUT2D eigenvalue weighted by Gasteiger charge is 2.28. The summed E-state index contributed by atoms with van der Waals surface area (Å²) in [7, 11) is 0. The fraction of sp³-hybridized carbons (Fsp3) is 0.524. The summed E-state index contributed by atoms with van der Waals surface area (Å²) in [6.45, 7) is 20.4. The van der Waals surface area contributed by atoms with Crippen LogP contribution in [0.1, 0.15) is 48.0 Å². The monoisotopic (exact) mass is 312 g/mol. The lowest BCUT2D eigenvalue weighted by molar-refractivity contribution is 0.301. The van der Waals surface area contributed by atoms with Gasteiger partial charge in [0.1, 0.15) is 0 Å². The molecule has 2 aliphatic rings. The molecule has 0 N–H and O–H groups in total. The molecule has 2 rings (SSSR count). The molecule has 0 saturated carbocycles. The van der Waals surface area contributed by atoms with Crippen LogP contribution in [0.2, 0.25) is 0 Å². The fourth-order valence-electron chi connectivity index (χ4n) is 4.12. The van der Waals surface area contributed by atoms with E-state index in [-0.39, 0.29) is 0 Å². The molecule has 1 atom stereocenters. The van der Waals surface area contributed by atoms with Gasteiger partial charge in [-0.1, -0.05) is 42.9 Å². The second-order valence-electron chi connectivity index (χ2n) is 7.18. The molecule has 1 unspecified atom stereocenters. The number of hydrogen-bond donors (Lipinski definition) is 0. The summed E-state index contributed by atoms with van der Waals surface area (Å²) in [5.74, 6) is 0.626. The molecule has 0 aromatic carbocycles. The summed E-state index contributed by atoms with van der Waals surface area (Å²) in [5, 5.41) is 0. The normalized spacial score (nSPS) is 23.6. The van der Waals surface area contributed by atoms with Crippen LogP contribution in [0.4, 0.5) is 0 Å². The molecule has 1 saturated heterocycles. The van der Waals surface area contributed by atoms with Crippen LogP contribution in [0.3, 0.4) is 0 Å². The molecule has 0 aromatic heterocycles. The van der Waals surface area contributed by atoms with Gasteiger partial charge in [-0.3, -0.25) is 0 Å². The topological polar surface area (TPSA) is 6.48 Å². The van der Waals surface area contributed by atoms with E-state index >= 15 is 0 Å². The van der Waals surface area contributed by atoms with E-state index in [9.17, 15) is 0 Å². The summed E-state index contributed by atoms with van der Waals surface area (Å²) in [6, 6.07) is 0. The lowest BCUT2D eigenvalue weighted by atomic mass is 9.89. The third kappa shape index (κ3) is 3.99. The van der Waals surface area contributed by atoms with Crippen LogP contribution in [0.25, 0.3) is 0 Å². The Labute approximate surface area is 142 Å². The van der Waals surface area contributed by atoms with E-state index in [1.165, 1.54) is 34.5 Å². The largest absolute Gasteiger partial charge is 0.355 e. The fourth-order valence-corrected chi connectivity index (χ4v) is 4.12. The lowest BCUT2D eigenvalue weighted by Crippen LogP contribution is -2.29. The van der Waals surface area contributed by atoms with Crippen molar-refractivity contribution in [1.82, 2.24) is 9.80 Å². The van der Waals surface area contributed by atoms with Gasteiger partial charge in [-0.2, -0.15) is 0 Å². The first-order chi connectivity index (χ1) is 10.8. The van der Waals surface area contributed by atoms with Crippen molar-refractivity contribution >= 4 is 0 Å². The third-order valence-corrected chi connectivity index (χ3v) is 4.76. The molecule has 2 heteroatoms. The molecule has 0 radical (unpaired) electrons. The van der Waals surface area contributed by atoms with E-state index < -0.39 is 0 Å². The van der Waals surface area contributed by atoms with Gasteiger partial charge in [0.05, 0.1) is 6.67 Å². The van der Waals surface area contributed by atoms with Crippen LogP contribution < -0.4 is 0 Å². The van der Waals surface area contributed by atoms with E-state index in [1.54, 1.807) is 0 Å². The van der Waals surface area contributed by atoms with Crippen LogP contribution in [0, 0.1) is 5.92 Å². The Morgan fingerprint density at radius 1 is 1.26 bits per heavy atom. The van der Waals surface area contributed by atoms with Crippen molar-refractivity contribution in [1.29, 1.82) is 0 Å². The molecular formula is C21H32N2. The Hall–Kier alpha value is -1.70. The molecule has 1 aliphatic heterocycles. The Kier molecular flexibility index (Phi) is 5.56. The minimum Gasteiger partial charge on any atom is -0.355 e. The number of rotatable bonds is 4. The van der Waals surface area contributed by atoms with E-state index in [1.807, 2.05) is 0 Å². The van der Waals surface area contributed by atoms with Crippen LogP contribution in [0.15, 0.2) is 58.5 Å². The number of nitrogens with zero attached hydrogens (tertiary/aromatic N) is 2. The van der Waals surface area contributed by atoms with Gasteiger partial charge < -0.3 is 9.80 Å². The summed E-state index contributed by atoms with van der Waals surface area (Å²) in [4.78, 5) is 5.06. The van der Waals surface area contributed by atoms with Crippen LogP contribution in [-0.4, -0.2) is 29.6 Å². The van der Waals surface area contributed by atoms with Crippen LogP contribution in [-0.2, 0) is 0 Å². The second-order valence-corrected chi connectivity index (χ2v) is 7.18. The predicted molar refractivity (Wildman–Crippen MR) is 101 cm³/mol. The Balaban J connectivity index is 2.18. The van der Waals surface area contributed by atoms with Crippen molar-refractivity contribution in [2.75, 3.05) is 19.8 Å². The van der Waals surface area contributed by atoms with E-state index in [2.05, 4.69) is 76.1 Å². The average Bonchev–Trinajstić information content (AvgIpc) is 2.86. The highest BCUT2D eigenvalue weighted by molar-refractivity contribution is 5.35. The van der Waals surface area contributed by atoms with Gasteiger partial charge in [0, 0.05) is 30.4 Å². The molecule has 1 fully saturated rings. The van der Waals surface area contributed by atoms with Gasteiger partial charge >= 0.3 is 0 Å². The minimum atomic E-state index is 0.626. The first kappa shape index (κ1) is 17.7. The third-order valence-electron chi connectivity index (χ3n) is 4.76. The summed E-state index contributed by atoms with van der Waals surface area (Å²) in [6.07, 6.45) is 7.96. The highest BCUT2D eigenvalue weighted by Crippen LogP contribution is 2.33. The van der Waals surface area contributed by atoms with Crippen molar-refractivity contribution in [3.63, 3.8) is 0 Å². The number of hydrogen-bond acceptors (Lipinski definition) is 2. The predicted octanol–water partition coefficient (Wildman–Crippen LogP) is 5.25. The molecule has 0 amide bonds. The molecular weight excluding hydrogens is 280 g/mol. The quantitative estimate of drug-likeness (QED) is 0.654. The smallest absolute Gasteiger partial charge is 0.0901 e. The maximum atomic E-state index is 4.01. The molecule has 126 valence electrons. The van der Waals surface area contributed by atoms with Gasteiger partial charge in [-0.15, -0.1) is 0 Å². The molecule has 2 nitrogen and oxygen atoms in total. The zero-order valence-corrected chi connectivity index (χ0v) is 15.7. The van der Waals surface area contributed by atoms with Crippen molar-refractivity contribution in [3.8, 4) is 0 Å². The zero-order valence-electron chi connectivity index (χ0n) is 15.7. The van der Waals surface area contributed by atoms with Gasteiger partial charge in [-0.05, 0) is 52.2 Å². The van der Waals surface area contributed by atoms with Crippen molar-refractivity contribution in [2.24, 2.45) is 5.92 Å². The number of allylic oxidation sites excluding steroid dienone is 8. The standard InChI is InChI=1S/C21H32N2/c1-8-20(17(5)11-15(2)3)22-9-10-23(14-22)21-18(6)12-16(4)13-19(21)7/h8,11-12,19H,2,9-10,13-14H2,1,3-7H3. The molecule has 0 bridgehead atoms. The Morgan fingerprint density at radius 2 is 1.96 bits per heavy atom. The van der Waals surface area contributed by atoms with Crippen LogP contribution >= 0.6 is 0 Å². The van der Waals surface area contributed by atoms with Gasteiger partial charge in [0.25, 0.3) is 0 Å². The Bertz CT molecular complexity index is 601. The molecule has 1 heterocycles. The van der Waals surface area contributed by atoms with E-state index in [4.69, 9.17) is 0 Å². The van der Waals surface area contributed by atoms with Gasteiger partial charge in [-0.25, -0.2) is 0 Å². The second kappa shape index (κ2) is 7.25. The van der Waals surface area contributed by atoms with Crippen LogP contribution in [0.5, 0.6) is 0 Å². The molecule has 1 aliphatic carbocycles. The minimum absolute atomic E-state index is 0.626. The van der Waals surface area contributed by atoms with Crippen molar-refractivity contribution in [3.05, 3.63) is 58.5 Å². The van der Waals surface area contributed by atoms with E-state index in [0.29, 0.717) is 5.92 Å². The first-order valence-corrected chi connectivity index (χ1v) is 8.71.